The number of carbonyl (C=O) groups excluding carboxylic acids is 1. The Balaban J connectivity index is 2.05. The van der Waals surface area contributed by atoms with Gasteiger partial charge in [0.1, 0.15) is 11.3 Å². The molecule has 5 heteroatoms. The van der Waals surface area contributed by atoms with Gasteiger partial charge in [-0.25, -0.2) is 0 Å². The van der Waals surface area contributed by atoms with Gasteiger partial charge >= 0.3 is 0 Å². The minimum Gasteiger partial charge on any atom is -0.361 e. The van der Waals surface area contributed by atoms with Crippen LogP contribution >= 0.6 is 15.9 Å². The van der Waals surface area contributed by atoms with Crippen molar-refractivity contribution in [2.45, 2.75) is 20.4 Å². The van der Waals surface area contributed by atoms with E-state index >= 15 is 0 Å². The van der Waals surface area contributed by atoms with Crippen molar-refractivity contribution in [3.63, 3.8) is 0 Å². The highest BCUT2D eigenvalue weighted by Gasteiger charge is 2.16. The van der Waals surface area contributed by atoms with Crippen molar-refractivity contribution in [1.82, 2.24) is 10.5 Å². The number of nitrogens with one attached hydrogen (secondary N) is 1. The molecule has 2 rings (SSSR count). The first-order valence-corrected chi connectivity index (χ1v) is 6.32. The van der Waals surface area contributed by atoms with Crippen LogP contribution in [0.4, 0.5) is 0 Å². The number of rotatable bonds is 3. The van der Waals surface area contributed by atoms with E-state index in [0.717, 1.165) is 10.0 Å². The van der Waals surface area contributed by atoms with Gasteiger partial charge in [-0.15, -0.1) is 0 Å². The Labute approximate surface area is 113 Å². The van der Waals surface area contributed by atoms with Crippen molar-refractivity contribution in [2.75, 3.05) is 0 Å². The third-order valence-corrected chi connectivity index (χ3v) is 3.10. The van der Waals surface area contributed by atoms with Crippen molar-refractivity contribution in [1.29, 1.82) is 0 Å². The Kier molecular flexibility index (Phi) is 3.81. The number of hydrogen-bond donors (Lipinski definition) is 1. The smallest absolute Gasteiger partial charge is 0.257 e. The van der Waals surface area contributed by atoms with Gasteiger partial charge < -0.3 is 9.84 Å². The van der Waals surface area contributed by atoms with Gasteiger partial charge in [0.2, 0.25) is 0 Å². The summed E-state index contributed by atoms with van der Waals surface area (Å²) >= 11 is 3.39. The third-order valence-electron chi connectivity index (χ3n) is 2.60. The summed E-state index contributed by atoms with van der Waals surface area (Å²) in [6, 6.07) is 7.80. The molecule has 0 saturated heterocycles. The molecule has 0 saturated carbocycles. The number of aromatic nitrogens is 1. The number of aryl methyl sites for hydroxylation is 2. The highest BCUT2D eigenvalue weighted by Crippen LogP contribution is 2.13. The zero-order valence-electron chi connectivity index (χ0n) is 10.2. The van der Waals surface area contributed by atoms with E-state index < -0.39 is 0 Å². The second-order valence-electron chi connectivity index (χ2n) is 4.01. The first-order valence-electron chi connectivity index (χ1n) is 5.53. The quantitative estimate of drug-likeness (QED) is 0.948. The lowest BCUT2D eigenvalue weighted by molar-refractivity contribution is 0.0949. The van der Waals surface area contributed by atoms with Crippen molar-refractivity contribution in [3.8, 4) is 0 Å². The average Bonchev–Trinajstić information content (AvgIpc) is 2.66. The van der Waals surface area contributed by atoms with Crippen molar-refractivity contribution >= 4 is 21.8 Å². The molecule has 2 aromatic rings. The number of hydrogen-bond acceptors (Lipinski definition) is 3. The van der Waals surface area contributed by atoms with Crippen LogP contribution in [0, 0.1) is 13.8 Å². The summed E-state index contributed by atoms with van der Waals surface area (Å²) in [5, 5.41) is 6.61. The molecular formula is C13H13BrN2O2. The summed E-state index contributed by atoms with van der Waals surface area (Å²) in [6.45, 7) is 3.96. The maximum atomic E-state index is 12.0. The molecule has 18 heavy (non-hydrogen) atoms. The summed E-state index contributed by atoms with van der Waals surface area (Å²) in [7, 11) is 0. The second kappa shape index (κ2) is 5.35. The van der Waals surface area contributed by atoms with Gasteiger partial charge in [-0.05, 0) is 31.5 Å². The lowest BCUT2D eigenvalue weighted by Crippen LogP contribution is -2.23. The average molecular weight is 309 g/mol. The van der Waals surface area contributed by atoms with Gasteiger partial charge in [0, 0.05) is 11.0 Å². The van der Waals surface area contributed by atoms with Crippen LogP contribution in [0.15, 0.2) is 33.3 Å². The molecule has 1 aromatic heterocycles. The zero-order valence-corrected chi connectivity index (χ0v) is 11.7. The first kappa shape index (κ1) is 12.8. The number of amides is 1. The summed E-state index contributed by atoms with van der Waals surface area (Å²) in [5.74, 6) is 0.380. The molecule has 0 spiro atoms. The summed E-state index contributed by atoms with van der Waals surface area (Å²) in [5.41, 5.74) is 2.16. The second-order valence-corrected chi connectivity index (χ2v) is 4.93. The van der Waals surface area contributed by atoms with Crippen LogP contribution in [-0.2, 0) is 6.54 Å². The third kappa shape index (κ3) is 2.79. The largest absolute Gasteiger partial charge is 0.361 e. The molecule has 0 aliphatic heterocycles. The number of nitrogens with zero attached hydrogens (tertiary/aromatic N) is 1. The summed E-state index contributed by atoms with van der Waals surface area (Å²) in [6.07, 6.45) is 0. The van der Waals surface area contributed by atoms with Crippen molar-refractivity contribution in [2.24, 2.45) is 0 Å². The van der Waals surface area contributed by atoms with Crippen LogP contribution in [0.5, 0.6) is 0 Å². The number of benzene rings is 1. The monoisotopic (exact) mass is 308 g/mol. The van der Waals surface area contributed by atoms with E-state index in [2.05, 4.69) is 26.4 Å². The van der Waals surface area contributed by atoms with Crippen LogP contribution in [0.3, 0.4) is 0 Å². The van der Waals surface area contributed by atoms with Crippen LogP contribution < -0.4 is 5.32 Å². The van der Waals surface area contributed by atoms with E-state index in [-0.39, 0.29) is 5.91 Å². The molecule has 0 bridgehead atoms. The fourth-order valence-electron chi connectivity index (χ4n) is 1.72. The summed E-state index contributed by atoms with van der Waals surface area (Å²) < 4.78 is 5.96. The Bertz CT molecular complexity index is 559. The van der Waals surface area contributed by atoms with E-state index in [0.29, 0.717) is 23.6 Å². The molecule has 94 valence electrons. The molecular weight excluding hydrogens is 296 g/mol. The molecule has 1 amide bonds. The molecule has 1 aromatic carbocycles. The molecule has 1 heterocycles. The summed E-state index contributed by atoms with van der Waals surface area (Å²) in [4.78, 5) is 12.0. The predicted octanol–water partition coefficient (Wildman–Crippen LogP) is 2.98. The molecule has 4 nitrogen and oxygen atoms in total. The lowest BCUT2D eigenvalue weighted by atomic mass is 10.2. The SMILES string of the molecule is Cc1noc(C)c1C(=O)NCc1cccc(Br)c1. The predicted molar refractivity (Wildman–Crippen MR) is 71.3 cm³/mol. The molecule has 0 aliphatic rings. The minimum absolute atomic E-state index is 0.161. The Morgan fingerprint density at radius 1 is 1.44 bits per heavy atom. The molecule has 0 unspecified atom stereocenters. The maximum absolute atomic E-state index is 12.0. The van der Waals surface area contributed by atoms with Crippen molar-refractivity contribution < 1.29 is 9.32 Å². The van der Waals surface area contributed by atoms with Gasteiger partial charge in [-0.1, -0.05) is 33.2 Å². The zero-order chi connectivity index (χ0) is 13.1. The van der Waals surface area contributed by atoms with Crippen LogP contribution in [0.2, 0.25) is 0 Å². The molecule has 0 atom stereocenters. The molecule has 1 N–H and O–H groups in total. The minimum atomic E-state index is -0.161. The van der Waals surface area contributed by atoms with E-state index in [9.17, 15) is 4.79 Å². The molecule has 0 fully saturated rings. The highest BCUT2D eigenvalue weighted by atomic mass is 79.9. The van der Waals surface area contributed by atoms with Gasteiger partial charge in [0.25, 0.3) is 5.91 Å². The molecule has 0 aliphatic carbocycles. The highest BCUT2D eigenvalue weighted by molar-refractivity contribution is 9.10. The van der Waals surface area contributed by atoms with E-state index in [4.69, 9.17) is 4.52 Å². The fraction of sp³-hybridized carbons (Fsp3) is 0.231. The van der Waals surface area contributed by atoms with Gasteiger partial charge in [-0.3, -0.25) is 4.79 Å². The number of halogens is 1. The Morgan fingerprint density at radius 3 is 2.83 bits per heavy atom. The number of carbonyl (C=O) groups is 1. The van der Waals surface area contributed by atoms with Crippen molar-refractivity contribution in [3.05, 3.63) is 51.3 Å². The molecule has 0 radical (unpaired) electrons. The Morgan fingerprint density at radius 2 is 2.22 bits per heavy atom. The first-order chi connectivity index (χ1) is 8.58. The van der Waals surface area contributed by atoms with Gasteiger partial charge in [-0.2, -0.15) is 0 Å². The van der Waals surface area contributed by atoms with E-state index in [1.165, 1.54) is 0 Å². The van der Waals surface area contributed by atoms with E-state index in [1.807, 2.05) is 24.3 Å². The van der Waals surface area contributed by atoms with Crippen LogP contribution in [0.1, 0.15) is 27.4 Å². The standard InChI is InChI=1S/C13H13BrN2O2/c1-8-12(9(2)18-16-8)13(17)15-7-10-4-3-5-11(14)6-10/h3-6H,7H2,1-2H3,(H,15,17). The van der Waals surface area contributed by atoms with Crippen LogP contribution in [0.25, 0.3) is 0 Å². The topological polar surface area (TPSA) is 55.1 Å². The lowest BCUT2D eigenvalue weighted by Gasteiger charge is -2.05. The van der Waals surface area contributed by atoms with E-state index in [1.54, 1.807) is 13.8 Å². The van der Waals surface area contributed by atoms with Gasteiger partial charge in [0.05, 0.1) is 5.69 Å². The fourth-order valence-corrected chi connectivity index (χ4v) is 2.17. The maximum Gasteiger partial charge on any atom is 0.257 e. The Hall–Kier alpha value is -1.62. The normalized spacial score (nSPS) is 10.4. The van der Waals surface area contributed by atoms with Gasteiger partial charge in [0.15, 0.2) is 0 Å². The van der Waals surface area contributed by atoms with Crippen LogP contribution in [-0.4, -0.2) is 11.1 Å².